The molecule has 5 nitrogen and oxygen atoms in total. The first-order chi connectivity index (χ1) is 7.22. The number of ether oxygens (including phenoxy) is 1. The van der Waals surface area contributed by atoms with E-state index in [1.807, 2.05) is 0 Å². The summed E-state index contributed by atoms with van der Waals surface area (Å²) in [7, 11) is 0. The Morgan fingerprint density at radius 3 is 2.93 bits per heavy atom. The topological polar surface area (TPSA) is 88.2 Å². The molecule has 4 N–H and O–H groups in total. The molecule has 0 aromatic carbocycles. The van der Waals surface area contributed by atoms with Gasteiger partial charge < -0.3 is 21.2 Å². The highest BCUT2D eigenvalue weighted by Gasteiger charge is 2.13. The van der Waals surface area contributed by atoms with Crippen LogP contribution in [0.2, 0.25) is 0 Å². The van der Waals surface area contributed by atoms with Gasteiger partial charge in [0.05, 0.1) is 6.61 Å². The number of esters is 1. The summed E-state index contributed by atoms with van der Waals surface area (Å²) in [5, 5.41) is 9.85. The lowest BCUT2D eigenvalue weighted by Crippen LogP contribution is -2.32. The second-order valence-corrected chi connectivity index (χ2v) is 3.26. The van der Waals surface area contributed by atoms with Crippen LogP contribution in [-0.4, -0.2) is 37.9 Å². The Hall–Kier alpha value is -0.940. The summed E-state index contributed by atoms with van der Waals surface area (Å²) in [6.07, 6.45) is 3.83. The molecule has 1 unspecified atom stereocenters. The van der Waals surface area contributed by atoms with E-state index in [4.69, 9.17) is 15.9 Å². The number of hydrogen-bond acceptors (Lipinski definition) is 5. The van der Waals surface area contributed by atoms with Crippen molar-refractivity contribution in [2.45, 2.75) is 32.2 Å². The predicted molar refractivity (Wildman–Crippen MR) is 60.1 cm³/mol. The van der Waals surface area contributed by atoms with Crippen molar-refractivity contribution in [3.8, 4) is 0 Å². The number of nitrogens with two attached hydrogens (primary N) is 1. The third-order valence-corrected chi connectivity index (χ3v) is 1.95. The fraction of sp³-hybridized carbons (Fsp3) is 0.800. The Bertz CT molecular complexity index is 186. The van der Waals surface area contributed by atoms with Crippen LogP contribution in [0.3, 0.4) is 0 Å². The summed E-state index contributed by atoms with van der Waals surface area (Å²) in [6.45, 7) is 3.61. The zero-order valence-corrected chi connectivity index (χ0v) is 9.29. The molecule has 15 heavy (non-hydrogen) atoms. The number of unbranched alkanes of at least 4 members (excludes halogenated alkanes) is 1. The highest BCUT2D eigenvalue weighted by Crippen LogP contribution is 2.00. The number of nitrogens with one attached hydrogen (secondary N) is 2. The van der Waals surface area contributed by atoms with Crippen LogP contribution in [0.25, 0.3) is 0 Å². The molecule has 0 aliphatic rings. The van der Waals surface area contributed by atoms with Gasteiger partial charge in [-0.3, -0.25) is 4.79 Å². The van der Waals surface area contributed by atoms with Crippen molar-refractivity contribution in [1.82, 2.24) is 5.32 Å². The van der Waals surface area contributed by atoms with E-state index in [0.29, 0.717) is 19.6 Å². The zero-order valence-electron chi connectivity index (χ0n) is 9.29. The van der Waals surface area contributed by atoms with Crippen LogP contribution in [0.5, 0.6) is 0 Å². The van der Waals surface area contributed by atoms with Crippen LogP contribution >= 0.6 is 0 Å². The number of hydrogen-bond donors (Lipinski definition) is 3. The maximum Gasteiger partial charge on any atom is 0.322 e. The van der Waals surface area contributed by atoms with E-state index in [1.165, 1.54) is 6.21 Å². The smallest absolute Gasteiger partial charge is 0.322 e. The molecule has 0 aliphatic carbocycles. The van der Waals surface area contributed by atoms with Gasteiger partial charge in [0.2, 0.25) is 0 Å². The second-order valence-electron chi connectivity index (χ2n) is 3.26. The molecule has 5 heteroatoms. The minimum absolute atomic E-state index is 0.315. The van der Waals surface area contributed by atoms with Gasteiger partial charge in [-0.05, 0) is 26.3 Å². The molecule has 0 aromatic rings. The van der Waals surface area contributed by atoms with Crippen molar-refractivity contribution in [2.24, 2.45) is 5.73 Å². The minimum atomic E-state index is -0.493. The van der Waals surface area contributed by atoms with Gasteiger partial charge in [0.25, 0.3) is 0 Å². The predicted octanol–water partition coefficient (Wildman–Crippen LogP) is 0.286. The number of carbonyl (C=O) groups excluding carboxylic acids is 1. The third kappa shape index (κ3) is 8.08. The molecule has 0 spiro atoms. The van der Waals surface area contributed by atoms with Crippen LogP contribution in [0.4, 0.5) is 0 Å². The summed E-state index contributed by atoms with van der Waals surface area (Å²) in [5.74, 6) is -0.315. The van der Waals surface area contributed by atoms with Gasteiger partial charge in [-0.25, -0.2) is 0 Å². The third-order valence-electron chi connectivity index (χ3n) is 1.95. The van der Waals surface area contributed by atoms with E-state index < -0.39 is 6.04 Å². The first kappa shape index (κ1) is 14.1. The molecule has 0 radical (unpaired) electrons. The first-order valence-electron chi connectivity index (χ1n) is 5.34. The van der Waals surface area contributed by atoms with E-state index in [9.17, 15) is 4.79 Å². The Morgan fingerprint density at radius 1 is 1.60 bits per heavy atom. The summed E-state index contributed by atoms with van der Waals surface area (Å²) in [5.41, 5.74) is 5.61. The Labute approximate surface area is 90.9 Å². The van der Waals surface area contributed by atoms with Crippen molar-refractivity contribution < 1.29 is 9.53 Å². The van der Waals surface area contributed by atoms with Crippen LogP contribution < -0.4 is 11.1 Å². The van der Waals surface area contributed by atoms with Crippen LogP contribution in [0, 0.1) is 5.41 Å². The Balaban J connectivity index is 3.34. The molecule has 0 aliphatic heterocycles. The van der Waals surface area contributed by atoms with Gasteiger partial charge in [-0.1, -0.05) is 6.42 Å². The largest absolute Gasteiger partial charge is 0.465 e. The zero-order chi connectivity index (χ0) is 11.5. The number of rotatable bonds is 9. The molecule has 0 rings (SSSR count). The van der Waals surface area contributed by atoms with Crippen LogP contribution in [-0.2, 0) is 9.53 Å². The fourth-order valence-corrected chi connectivity index (χ4v) is 1.16. The molecule has 0 heterocycles. The molecule has 0 amide bonds. The first-order valence-corrected chi connectivity index (χ1v) is 5.34. The molecular weight excluding hydrogens is 194 g/mol. The van der Waals surface area contributed by atoms with Crippen molar-refractivity contribution >= 4 is 12.2 Å². The Morgan fingerprint density at radius 2 is 2.33 bits per heavy atom. The fourth-order valence-electron chi connectivity index (χ4n) is 1.16. The molecule has 88 valence electrons. The minimum Gasteiger partial charge on any atom is -0.465 e. The van der Waals surface area contributed by atoms with Gasteiger partial charge >= 0.3 is 5.97 Å². The lowest BCUT2D eigenvalue weighted by molar-refractivity contribution is -0.144. The van der Waals surface area contributed by atoms with E-state index in [1.54, 1.807) is 6.92 Å². The summed E-state index contributed by atoms with van der Waals surface area (Å²) < 4.78 is 4.79. The van der Waals surface area contributed by atoms with Crippen molar-refractivity contribution in [2.75, 3.05) is 19.7 Å². The molecule has 1 atom stereocenters. The molecule has 0 bridgehead atoms. The molecule has 0 aromatic heterocycles. The monoisotopic (exact) mass is 215 g/mol. The highest BCUT2D eigenvalue weighted by molar-refractivity contribution is 5.75. The summed E-state index contributed by atoms with van der Waals surface area (Å²) in [4.78, 5) is 11.1. The average Bonchev–Trinajstić information content (AvgIpc) is 2.23. The molecule has 0 saturated carbocycles. The lowest BCUT2D eigenvalue weighted by atomic mass is 10.1. The highest BCUT2D eigenvalue weighted by atomic mass is 16.5. The van der Waals surface area contributed by atoms with Crippen molar-refractivity contribution in [3.05, 3.63) is 0 Å². The molecular formula is C10H21N3O2. The van der Waals surface area contributed by atoms with Crippen LogP contribution in [0.15, 0.2) is 0 Å². The molecule has 0 fully saturated rings. The average molecular weight is 215 g/mol. The standard InChI is InChI=1S/C10H21N3O2/c1-2-15-10(14)9(12)5-3-4-7-13-8-6-11/h6,9,11,13H,2-5,7-8,12H2,1H3. The normalized spacial score (nSPS) is 12.1. The van der Waals surface area contributed by atoms with E-state index in [-0.39, 0.29) is 5.97 Å². The van der Waals surface area contributed by atoms with Crippen LogP contribution in [0.1, 0.15) is 26.2 Å². The SMILES string of the molecule is CCOC(=O)C(N)CCCCNCC=N. The van der Waals surface area contributed by atoms with Gasteiger partial charge in [0.15, 0.2) is 0 Å². The Kier molecular flexibility index (Phi) is 9.01. The maximum atomic E-state index is 11.1. The maximum absolute atomic E-state index is 11.1. The summed E-state index contributed by atoms with van der Waals surface area (Å²) >= 11 is 0. The van der Waals surface area contributed by atoms with E-state index >= 15 is 0 Å². The van der Waals surface area contributed by atoms with E-state index in [2.05, 4.69) is 5.32 Å². The summed E-state index contributed by atoms with van der Waals surface area (Å²) in [6, 6.07) is -0.493. The van der Waals surface area contributed by atoms with Gasteiger partial charge in [0.1, 0.15) is 6.04 Å². The van der Waals surface area contributed by atoms with Gasteiger partial charge in [-0.2, -0.15) is 0 Å². The van der Waals surface area contributed by atoms with Gasteiger partial charge in [0, 0.05) is 12.8 Å². The van der Waals surface area contributed by atoms with Crippen molar-refractivity contribution in [3.63, 3.8) is 0 Å². The lowest BCUT2D eigenvalue weighted by Gasteiger charge is -2.09. The van der Waals surface area contributed by atoms with Gasteiger partial charge in [-0.15, -0.1) is 0 Å². The van der Waals surface area contributed by atoms with Crippen molar-refractivity contribution in [1.29, 1.82) is 5.41 Å². The quantitative estimate of drug-likeness (QED) is 0.293. The van der Waals surface area contributed by atoms with E-state index in [0.717, 1.165) is 19.4 Å². The second kappa shape index (κ2) is 9.61. The number of carbonyl (C=O) groups is 1. The molecule has 0 saturated heterocycles.